The maximum Gasteiger partial charge on any atom is 0.303 e. The molecule has 0 spiro atoms. The van der Waals surface area contributed by atoms with Crippen molar-refractivity contribution in [2.75, 3.05) is 26.0 Å². The normalized spacial score (nSPS) is 11.7. The number of carbonyl (C=O) groups excluding carboxylic acids is 1. The van der Waals surface area contributed by atoms with Gasteiger partial charge < -0.3 is 15.3 Å². The van der Waals surface area contributed by atoms with Crippen molar-refractivity contribution in [3.63, 3.8) is 0 Å². The molecule has 0 aliphatic carbocycles. The van der Waals surface area contributed by atoms with Crippen LogP contribution in [0.3, 0.4) is 0 Å². The van der Waals surface area contributed by atoms with Gasteiger partial charge in [0.1, 0.15) is 5.82 Å². The van der Waals surface area contributed by atoms with Gasteiger partial charge in [0.2, 0.25) is 0 Å². The number of hydrogen-bond donors (Lipinski definition) is 2. The number of anilines is 1. The van der Waals surface area contributed by atoms with Gasteiger partial charge in [-0.3, -0.25) is 9.59 Å². The molecule has 0 aliphatic rings. The number of carboxylic acids is 1. The molecule has 6 heteroatoms. The van der Waals surface area contributed by atoms with Gasteiger partial charge in [0.25, 0.3) is 5.91 Å². The summed E-state index contributed by atoms with van der Waals surface area (Å²) in [7, 11) is 3.37. The van der Waals surface area contributed by atoms with Crippen LogP contribution in [0.15, 0.2) is 18.3 Å². The minimum atomic E-state index is -0.811. The second-order valence-corrected chi connectivity index (χ2v) is 4.72. The SMILES string of the molecule is CC(CNc1ccc(C(=O)N(C)C)cn1)CC(=O)O. The number of amides is 1. The number of carboxylic acid groups (broad SMARTS) is 1. The molecule has 1 unspecified atom stereocenters. The van der Waals surface area contributed by atoms with Crippen molar-refractivity contribution in [1.82, 2.24) is 9.88 Å². The van der Waals surface area contributed by atoms with E-state index in [1.165, 1.54) is 11.1 Å². The molecule has 1 heterocycles. The van der Waals surface area contributed by atoms with Crippen molar-refractivity contribution < 1.29 is 14.7 Å². The van der Waals surface area contributed by atoms with Crippen LogP contribution in [0.4, 0.5) is 5.82 Å². The lowest BCUT2D eigenvalue weighted by Gasteiger charge is -2.12. The Morgan fingerprint density at radius 1 is 1.42 bits per heavy atom. The standard InChI is InChI=1S/C13H19N3O3/c1-9(6-12(17)18)7-14-11-5-4-10(8-15-11)13(19)16(2)3/h4-5,8-9H,6-7H2,1-3H3,(H,14,15)(H,17,18). The molecule has 0 saturated carbocycles. The minimum Gasteiger partial charge on any atom is -0.481 e. The molecular weight excluding hydrogens is 246 g/mol. The average molecular weight is 265 g/mol. The summed E-state index contributed by atoms with van der Waals surface area (Å²) in [6.45, 7) is 2.38. The van der Waals surface area contributed by atoms with Crippen molar-refractivity contribution in [2.45, 2.75) is 13.3 Å². The molecule has 19 heavy (non-hydrogen) atoms. The zero-order chi connectivity index (χ0) is 14.4. The molecule has 1 aromatic rings. The fourth-order valence-electron chi connectivity index (χ4n) is 1.53. The molecule has 1 rings (SSSR count). The Morgan fingerprint density at radius 2 is 2.11 bits per heavy atom. The summed E-state index contributed by atoms with van der Waals surface area (Å²) in [5, 5.41) is 11.7. The van der Waals surface area contributed by atoms with Crippen molar-refractivity contribution >= 4 is 17.7 Å². The first kappa shape index (κ1) is 14.9. The third kappa shape index (κ3) is 4.95. The van der Waals surface area contributed by atoms with Crippen molar-refractivity contribution in [2.24, 2.45) is 5.92 Å². The fourth-order valence-corrected chi connectivity index (χ4v) is 1.53. The van der Waals surface area contributed by atoms with Gasteiger partial charge in [0.05, 0.1) is 5.56 Å². The van der Waals surface area contributed by atoms with Gasteiger partial charge in [-0.25, -0.2) is 4.98 Å². The van der Waals surface area contributed by atoms with Gasteiger partial charge in [0, 0.05) is 33.3 Å². The maximum atomic E-state index is 11.6. The monoisotopic (exact) mass is 265 g/mol. The smallest absolute Gasteiger partial charge is 0.303 e. The first-order valence-corrected chi connectivity index (χ1v) is 6.03. The molecule has 0 aromatic carbocycles. The Morgan fingerprint density at radius 3 is 2.58 bits per heavy atom. The van der Waals surface area contributed by atoms with E-state index in [1.807, 2.05) is 6.92 Å². The van der Waals surface area contributed by atoms with Gasteiger partial charge in [-0.05, 0) is 18.1 Å². The topological polar surface area (TPSA) is 82.5 Å². The number of hydrogen-bond acceptors (Lipinski definition) is 4. The Labute approximate surface area is 112 Å². The lowest BCUT2D eigenvalue weighted by atomic mass is 10.1. The van der Waals surface area contributed by atoms with E-state index in [2.05, 4.69) is 10.3 Å². The predicted octanol–water partition coefficient (Wildman–Crippen LogP) is 1.31. The first-order chi connectivity index (χ1) is 8.90. The fraction of sp³-hybridized carbons (Fsp3) is 0.462. The van der Waals surface area contributed by atoms with Gasteiger partial charge in [-0.2, -0.15) is 0 Å². The van der Waals surface area contributed by atoms with Gasteiger partial charge in [-0.1, -0.05) is 6.92 Å². The number of pyridine rings is 1. The molecule has 0 saturated heterocycles. The second-order valence-electron chi connectivity index (χ2n) is 4.72. The molecule has 104 valence electrons. The molecule has 0 bridgehead atoms. The average Bonchev–Trinajstić information content (AvgIpc) is 2.35. The molecule has 0 aliphatic heterocycles. The van der Waals surface area contributed by atoms with Crippen LogP contribution in [0.2, 0.25) is 0 Å². The van der Waals surface area contributed by atoms with Gasteiger partial charge in [-0.15, -0.1) is 0 Å². The molecule has 6 nitrogen and oxygen atoms in total. The van der Waals surface area contributed by atoms with Crippen LogP contribution in [0, 0.1) is 5.92 Å². The molecule has 1 aromatic heterocycles. The number of aliphatic carboxylic acids is 1. The predicted molar refractivity (Wildman–Crippen MR) is 72.2 cm³/mol. The number of carbonyl (C=O) groups is 2. The van der Waals surface area contributed by atoms with E-state index in [0.29, 0.717) is 17.9 Å². The molecule has 2 N–H and O–H groups in total. The summed E-state index contributed by atoms with van der Waals surface area (Å²) in [5.74, 6) is -0.262. The molecule has 0 fully saturated rings. The number of nitrogens with zero attached hydrogens (tertiary/aromatic N) is 2. The summed E-state index contributed by atoms with van der Waals surface area (Å²) in [6.07, 6.45) is 1.62. The summed E-state index contributed by atoms with van der Waals surface area (Å²) in [6, 6.07) is 3.41. The van der Waals surface area contributed by atoms with Crippen LogP contribution < -0.4 is 5.32 Å². The van der Waals surface area contributed by atoms with E-state index in [-0.39, 0.29) is 18.2 Å². The molecule has 0 radical (unpaired) electrons. The Balaban J connectivity index is 2.53. The van der Waals surface area contributed by atoms with Crippen LogP contribution in [-0.2, 0) is 4.79 Å². The van der Waals surface area contributed by atoms with E-state index >= 15 is 0 Å². The molecule has 1 amide bonds. The van der Waals surface area contributed by atoms with Crippen LogP contribution >= 0.6 is 0 Å². The third-order valence-corrected chi connectivity index (χ3v) is 2.57. The van der Waals surface area contributed by atoms with Gasteiger partial charge in [0.15, 0.2) is 0 Å². The Hall–Kier alpha value is -2.11. The highest BCUT2D eigenvalue weighted by atomic mass is 16.4. The van der Waals surface area contributed by atoms with Crippen molar-refractivity contribution in [3.05, 3.63) is 23.9 Å². The first-order valence-electron chi connectivity index (χ1n) is 6.03. The summed E-state index contributed by atoms with van der Waals surface area (Å²) in [5.41, 5.74) is 0.522. The van der Waals surface area contributed by atoms with Crippen LogP contribution in [0.1, 0.15) is 23.7 Å². The third-order valence-electron chi connectivity index (χ3n) is 2.57. The Bertz CT molecular complexity index is 443. The largest absolute Gasteiger partial charge is 0.481 e. The molecular formula is C13H19N3O3. The zero-order valence-electron chi connectivity index (χ0n) is 11.4. The Kier molecular flexibility index (Phi) is 5.29. The van der Waals surface area contributed by atoms with E-state index < -0.39 is 5.97 Å². The van der Waals surface area contributed by atoms with E-state index in [9.17, 15) is 9.59 Å². The summed E-state index contributed by atoms with van der Waals surface area (Å²) in [4.78, 5) is 27.8. The van der Waals surface area contributed by atoms with Crippen molar-refractivity contribution in [1.29, 1.82) is 0 Å². The van der Waals surface area contributed by atoms with E-state index in [0.717, 1.165) is 0 Å². The highest BCUT2D eigenvalue weighted by molar-refractivity contribution is 5.93. The quantitative estimate of drug-likeness (QED) is 0.810. The lowest BCUT2D eigenvalue weighted by Crippen LogP contribution is -2.22. The second kappa shape index (κ2) is 6.72. The summed E-state index contributed by atoms with van der Waals surface area (Å²) >= 11 is 0. The van der Waals surface area contributed by atoms with Gasteiger partial charge >= 0.3 is 5.97 Å². The maximum absolute atomic E-state index is 11.6. The number of aromatic nitrogens is 1. The number of nitrogens with one attached hydrogen (secondary N) is 1. The highest BCUT2D eigenvalue weighted by Gasteiger charge is 2.09. The van der Waals surface area contributed by atoms with E-state index in [4.69, 9.17) is 5.11 Å². The van der Waals surface area contributed by atoms with Crippen LogP contribution in [-0.4, -0.2) is 47.5 Å². The van der Waals surface area contributed by atoms with Crippen molar-refractivity contribution in [3.8, 4) is 0 Å². The molecule has 1 atom stereocenters. The lowest BCUT2D eigenvalue weighted by molar-refractivity contribution is -0.137. The highest BCUT2D eigenvalue weighted by Crippen LogP contribution is 2.09. The summed E-state index contributed by atoms with van der Waals surface area (Å²) < 4.78 is 0. The van der Waals surface area contributed by atoms with Crippen LogP contribution in [0.25, 0.3) is 0 Å². The zero-order valence-corrected chi connectivity index (χ0v) is 11.4. The minimum absolute atomic E-state index is 0.0161. The number of rotatable bonds is 6. The van der Waals surface area contributed by atoms with E-state index in [1.54, 1.807) is 26.2 Å². The van der Waals surface area contributed by atoms with Crippen LogP contribution in [0.5, 0.6) is 0 Å².